The van der Waals surface area contributed by atoms with Crippen LogP contribution in [0.15, 0.2) is 24.3 Å². The summed E-state index contributed by atoms with van der Waals surface area (Å²) in [4.78, 5) is 24.0. The molecule has 3 aliphatic rings. The first kappa shape index (κ1) is 18.0. The summed E-state index contributed by atoms with van der Waals surface area (Å²) in [5.41, 5.74) is 1.95. The minimum atomic E-state index is 0.331. The highest BCUT2D eigenvalue weighted by molar-refractivity contribution is 5.77. The molecule has 0 N–H and O–H groups in total. The lowest BCUT2D eigenvalue weighted by atomic mass is 10.2. The van der Waals surface area contributed by atoms with Crippen molar-refractivity contribution < 1.29 is 9.47 Å². The van der Waals surface area contributed by atoms with Crippen molar-refractivity contribution in [3.05, 3.63) is 30.1 Å². The highest BCUT2D eigenvalue weighted by atomic mass is 16.5. The summed E-state index contributed by atoms with van der Waals surface area (Å²) in [5.74, 6) is 2.95. The lowest BCUT2D eigenvalue weighted by Gasteiger charge is -2.35. The van der Waals surface area contributed by atoms with Gasteiger partial charge in [-0.3, -0.25) is 4.57 Å². The van der Waals surface area contributed by atoms with E-state index >= 15 is 0 Å². The Morgan fingerprint density at radius 3 is 2.33 bits per heavy atom. The number of nitrogens with zero attached hydrogens (tertiary/aromatic N) is 7. The molecule has 9 heteroatoms. The Morgan fingerprint density at radius 2 is 1.53 bits per heavy atom. The average Bonchev–Trinajstić information content (AvgIpc) is 3.25. The minimum absolute atomic E-state index is 0.331. The van der Waals surface area contributed by atoms with Crippen LogP contribution in [0.1, 0.15) is 18.7 Å². The number of imidazole rings is 1. The van der Waals surface area contributed by atoms with E-state index in [2.05, 4.69) is 15.9 Å². The normalized spacial score (nSPS) is 24.0. The first-order chi connectivity index (χ1) is 14.8. The van der Waals surface area contributed by atoms with Gasteiger partial charge in [-0.15, -0.1) is 0 Å². The molecule has 2 bridgehead atoms. The quantitative estimate of drug-likeness (QED) is 0.649. The molecule has 1 aromatic carbocycles. The Morgan fingerprint density at radius 1 is 0.833 bits per heavy atom. The van der Waals surface area contributed by atoms with Crippen LogP contribution < -0.4 is 9.80 Å². The predicted molar refractivity (Wildman–Crippen MR) is 112 cm³/mol. The van der Waals surface area contributed by atoms with Gasteiger partial charge < -0.3 is 19.3 Å². The first-order valence-corrected chi connectivity index (χ1v) is 10.7. The zero-order valence-electron chi connectivity index (χ0n) is 17.1. The van der Waals surface area contributed by atoms with E-state index in [0.29, 0.717) is 37.2 Å². The van der Waals surface area contributed by atoms with Crippen molar-refractivity contribution in [2.24, 2.45) is 0 Å². The third-order valence-electron chi connectivity index (χ3n) is 6.29. The number of ether oxygens (including phenoxy) is 2. The molecule has 6 rings (SSSR count). The van der Waals surface area contributed by atoms with Gasteiger partial charge >= 0.3 is 0 Å². The lowest BCUT2D eigenvalue weighted by Crippen LogP contribution is -2.47. The molecule has 5 heterocycles. The molecule has 30 heavy (non-hydrogen) atoms. The number of anilines is 2. The summed E-state index contributed by atoms with van der Waals surface area (Å²) in [6.45, 7) is 6.40. The standard InChI is InChI=1S/C21H25N7O2/c1-14-22-17-4-2-3-5-18(17)27(14)20-23-19(26-8-10-29-11-9-26)24-21(25-20)28-15-6-7-16(28)13-30-12-15/h2-5,15-16H,6-13H2,1H3. The number of hydrogen-bond acceptors (Lipinski definition) is 8. The summed E-state index contributed by atoms with van der Waals surface area (Å²) in [5, 5.41) is 0. The van der Waals surface area contributed by atoms with E-state index in [9.17, 15) is 0 Å². The number of hydrogen-bond donors (Lipinski definition) is 0. The maximum absolute atomic E-state index is 5.78. The number of morpholine rings is 2. The molecule has 3 aromatic rings. The molecule has 3 aliphatic heterocycles. The molecule has 2 unspecified atom stereocenters. The van der Waals surface area contributed by atoms with E-state index in [0.717, 1.165) is 62.0 Å². The largest absolute Gasteiger partial charge is 0.378 e. The predicted octanol–water partition coefficient (Wildman–Crippen LogP) is 1.72. The minimum Gasteiger partial charge on any atom is -0.378 e. The molecule has 0 spiro atoms. The van der Waals surface area contributed by atoms with Crippen molar-refractivity contribution in [2.75, 3.05) is 49.3 Å². The summed E-state index contributed by atoms with van der Waals surface area (Å²) >= 11 is 0. The second kappa shape index (κ2) is 7.17. The van der Waals surface area contributed by atoms with Gasteiger partial charge in [-0.2, -0.15) is 15.0 Å². The van der Waals surface area contributed by atoms with Crippen LogP contribution in [0.4, 0.5) is 11.9 Å². The van der Waals surface area contributed by atoms with Gasteiger partial charge in [0.2, 0.25) is 17.8 Å². The fourth-order valence-electron chi connectivity index (χ4n) is 4.82. The molecule has 9 nitrogen and oxygen atoms in total. The molecule has 3 saturated heterocycles. The second-order valence-corrected chi connectivity index (χ2v) is 8.15. The molecular formula is C21H25N7O2. The van der Waals surface area contributed by atoms with Crippen LogP contribution in [0.2, 0.25) is 0 Å². The van der Waals surface area contributed by atoms with Crippen molar-refractivity contribution in [3.8, 4) is 5.95 Å². The van der Waals surface area contributed by atoms with Crippen molar-refractivity contribution in [2.45, 2.75) is 31.8 Å². The molecule has 0 amide bonds. The molecule has 0 aliphatic carbocycles. The molecule has 0 radical (unpaired) electrons. The smallest absolute Gasteiger partial charge is 0.242 e. The third kappa shape index (κ3) is 2.92. The van der Waals surface area contributed by atoms with Gasteiger partial charge in [0, 0.05) is 13.1 Å². The van der Waals surface area contributed by atoms with Gasteiger partial charge in [-0.1, -0.05) is 12.1 Å². The van der Waals surface area contributed by atoms with Gasteiger partial charge in [0.05, 0.1) is 49.5 Å². The summed E-state index contributed by atoms with van der Waals surface area (Å²) < 4.78 is 13.3. The Hall–Kier alpha value is -2.78. The maximum Gasteiger partial charge on any atom is 0.242 e. The molecule has 0 saturated carbocycles. The van der Waals surface area contributed by atoms with E-state index in [1.807, 2.05) is 29.7 Å². The molecular weight excluding hydrogens is 382 g/mol. The fourth-order valence-corrected chi connectivity index (χ4v) is 4.82. The summed E-state index contributed by atoms with van der Waals surface area (Å²) in [6.07, 6.45) is 2.23. The third-order valence-corrected chi connectivity index (χ3v) is 6.29. The zero-order valence-corrected chi connectivity index (χ0v) is 17.1. The van der Waals surface area contributed by atoms with E-state index in [1.54, 1.807) is 0 Å². The van der Waals surface area contributed by atoms with Crippen LogP contribution in [-0.4, -0.2) is 76.1 Å². The lowest BCUT2D eigenvalue weighted by molar-refractivity contribution is 0.0897. The van der Waals surface area contributed by atoms with Gasteiger partial charge in [0.25, 0.3) is 0 Å². The van der Waals surface area contributed by atoms with E-state index in [-0.39, 0.29) is 0 Å². The molecule has 2 aromatic heterocycles. The van der Waals surface area contributed by atoms with Gasteiger partial charge in [0.1, 0.15) is 5.82 Å². The molecule has 3 fully saturated rings. The first-order valence-electron chi connectivity index (χ1n) is 10.7. The topological polar surface area (TPSA) is 81.4 Å². The second-order valence-electron chi connectivity index (χ2n) is 8.15. The highest BCUT2D eigenvalue weighted by Gasteiger charge is 2.39. The number of para-hydroxylation sites is 2. The average molecular weight is 407 g/mol. The van der Waals surface area contributed by atoms with Crippen LogP contribution in [0.5, 0.6) is 0 Å². The van der Waals surface area contributed by atoms with Gasteiger partial charge in [-0.05, 0) is 31.9 Å². The molecule has 2 atom stereocenters. The maximum atomic E-state index is 5.78. The SMILES string of the molecule is Cc1nc2ccccc2n1-c1nc(N2CCOCC2)nc(N2C3CCC2COC3)n1. The van der Waals surface area contributed by atoms with Crippen molar-refractivity contribution >= 4 is 22.9 Å². The Kier molecular flexibility index (Phi) is 4.31. The number of aryl methyl sites for hydroxylation is 1. The van der Waals surface area contributed by atoms with Gasteiger partial charge in [-0.25, -0.2) is 4.98 Å². The van der Waals surface area contributed by atoms with Crippen LogP contribution in [-0.2, 0) is 9.47 Å². The number of fused-ring (bicyclic) bond motifs is 3. The van der Waals surface area contributed by atoms with Crippen molar-refractivity contribution in [3.63, 3.8) is 0 Å². The van der Waals surface area contributed by atoms with Crippen LogP contribution >= 0.6 is 0 Å². The number of aromatic nitrogens is 5. The van der Waals surface area contributed by atoms with Crippen molar-refractivity contribution in [1.29, 1.82) is 0 Å². The monoisotopic (exact) mass is 407 g/mol. The summed E-state index contributed by atoms with van der Waals surface area (Å²) in [7, 11) is 0. The Labute approximate surface area is 174 Å². The van der Waals surface area contributed by atoms with E-state index in [4.69, 9.17) is 29.4 Å². The van der Waals surface area contributed by atoms with Crippen LogP contribution in [0.25, 0.3) is 17.0 Å². The van der Waals surface area contributed by atoms with Crippen LogP contribution in [0.3, 0.4) is 0 Å². The van der Waals surface area contributed by atoms with Crippen LogP contribution in [0, 0.1) is 6.92 Å². The fraction of sp³-hybridized carbons (Fsp3) is 0.524. The van der Waals surface area contributed by atoms with E-state index < -0.39 is 0 Å². The highest BCUT2D eigenvalue weighted by Crippen LogP contribution is 2.33. The van der Waals surface area contributed by atoms with Gasteiger partial charge in [0.15, 0.2) is 0 Å². The zero-order chi connectivity index (χ0) is 20.1. The Bertz CT molecular complexity index is 1060. The number of rotatable bonds is 3. The van der Waals surface area contributed by atoms with E-state index in [1.165, 1.54) is 0 Å². The number of benzene rings is 1. The molecule has 156 valence electrons. The van der Waals surface area contributed by atoms with Crippen molar-refractivity contribution in [1.82, 2.24) is 24.5 Å². The summed E-state index contributed by atoms with van der Waals surface area (Å²) in [6, 6.07) is 8.77. The Balaban J connectivity index is 1.51.